The fraction of sp³-hybridized carbons (Fsp3) is 0.652. The van der Waals surface area contributed by atoms with E-state index in [9.17, 15) is 9.90 Å². The number of halogens is 1. The molecule has 0 aliphatic carbocycles. The van der Waals surface area contributed by atoms with Gasteiger partial charge in [0.25, 0.3) is 0 Å². The summed E-state index contributed by atoms with van der Waals surface area (Å²) in [7, 11) is 0. The van der Waals surface area contributed by atoms with Gasteiger partial charge in [-0.15, -0.1) is 24.0 Å². The van der Waals surface area contributed by atoms with Gasteiger partial charge in [-0.2, -0.15) is 0 Å². The lowest BCUT2D eigenvalue weighted by Crippen LogP contribution is -2.38. The zero-order valence-corrected chi connectivity index (χ0v) is 21.0. The highest BCUT2D eigenvalue weighted by Gasteiger charge is 2.23. The second-order valence-electron chi connectivity index (χ2n) is 8.18. The molecule has 170 valence electrons. The van der Waals surface area contributed by atoms with Crippen molar-refractivity contribution in [1.29, 1.82) is 0 Å². The van der Waals surface area contributed by atoms with Crippen LogP contribution in [0.1, 0.15) is 52.0 Å². The number of aliphatic imine (C=N–C) groups is 1. The lowest BCUT2D eigenvalue weighted by atomic mass is 9.94. The molecule has 0 bridgehead atoms. The van der Waals surface area contributed by atoms with Gasteiger partial charge in [0.05, 0.1) is 0 Å². The van der Waals surface area contributed by atoms with Crippen molar-refractivity contribution in [3.8, 4) is 0 Å². The summed E-state index contributed by atoms with van der Waals surface area (Å²) in [6.45, 7) is 9.66. The van der Waals surface area contributed by atoms with Crippen molar-refractivity contribution in [2.75, 3.05) is 37.7 Å². The Kier molecular flexibility index (Phi) is 13.0. The molecule has 1 aromatic carbocycles. The van der Waals surface area contributed by atoms with Gasteiger partial charge in [-0.1, -0.05) is 32.0 Å². The van der Waals surface area contributed by atoms with Crippen LogP contribution in [-0.4, -0.2) is 49.8 Å². The number of nitrogens with one attached hydrogen (secondary N) is 2. The quantitative estimate of drug-likeness (QED) is 0.177. The predicted molar refractivity (Wildman–Crippen MR) is 136 cm³/mol. The molecule has 0 aromatic heterocycles. The number of anilines is 1. The smallest absolute Gasteiger partial charge is 0.227 e. The van der Waals surface area contributed by atoms with E-state index < -0.39 is 0 Å². The number of carbonyl (C=O) groups excluding carboxylic acids is 1. The van der Waals surface area contributed by atoms with Gasteiger partial charge in [0.15, 0.2) is 5.96 Å². The maximum absolute atomic E-state index is 12.6. The van der Waals surface area contributed by atoms with E-state index in [1.165, 1.54) is 5.56 Å². The second-order valence-corrected chi connectivity index (χ2v) is 8.18. The van der Waals surface area contributed by atoms with Crippen LogP contribution in [0.5, 0.6) is 0 Å². The summed E-state index contributed by atoms with van der Waals surface area (Å²) in [5, 5.41) is 15.9. The van der Waals surface area contributed by atoms with E-state index in [0.717, 1.165) is 50.4 Å². The third-order valence-corrected chi connectivity index (χ3v) is 5.24. The predicted octanol–water partition coefficient (Wildman–Crippen LogP) is 3.57. The molecule has 0 spiro atoms. The van der Waals surface area contributed by atoms with Crippen molar-refractivity contribution in [1.82, 2.24) is 10.6 Å². The molecule has 1 aromatic rings. The lowest BCUT2D eigenvalue weighted by Gasteiger charge is -2.18. The Balaban J connectivity index is 0.00000450. The van der Waals surface area contributed by atoms with Crippen LogP contribution < -0.4 is 15.5 Å². The number of amides is 1. The highest BCUT2D eigenvalue weighted by Crippen LogP contribution is 2.27. The molecule has 1 atom stereocenters. The van der Waals surface area contributed by atoms with E-state index in [1.54, 1.807) is 0 Å². The van der Waals surface area contributed by atoms with Gasteiger partial charge in [-0.25, -0.2) is 0 Å². The van der Waals surface area contributed by atoms with Crippen LogP contribution in [0.3, 0.4) is 0 Å². The van der Waals surface area contributed by atoms with Crippen LogP contribution >= 0.6 is 24.0 Å². The number of aliphatic hydroxyl groups is 1. The Labute approximate surface area is 198 Å². The molecule has 1 aliphatic heterocycles. The molecule has 0 saturated heterocycles. The third kappa shape index (κ3) is 8.79. The van der Waals surface area contributed by atoms with Crippen molar-refractivity contribution in [2.24, 2.45) is 16.8 Å². The lowest BCUT2D eigenvalue weighted by molar-refractivity contribution is -0.118. The number of guanidine groups is 1. The average molecular weight is 530 g/mol. The van der Waals surface area contributed by atoms with Crippen molar-refractivity contribution in [3.05, 3.63) is 29.8 Å². The highest BCUT2D eigenvalue weighted by molar-refractivity contribution is 14.0. The first kappa shape index (κ1) is 26.7. The number of carbonyl (C=O) groups is 1. The molecule has 30 heavy (non-hydrogen) atoms. The molecule has 0 radical (unpaired) electrons. The summed E-state index contributed by atoms with van der Waals surface area (Å²) >= 11 is 0. The Morgan fingerprint density at radius 1 is 1.27 bits per heavy atom. The van der Waals surface area contributed by atoms with E-state index in [1.807, 2.05) is 30.0 Å². The van der Waals surface area contributed by atoms with Gasteiger partial charge in [0.1, 0.15) is 0 Å². The Morgan fingerprint density at radius 2 is 2.03 bits per heavy atom. The van der Waals surface area contributed by atoms with Crippen LogP contribution in [0.15, 0.2) is 29.3 Å². The average Bonchev–Trinajstić information content (AvgIpc) is 3.13. The molecule has 1 aliphatic rings. The van der Waals surface area contributed by atoms with Crippen LogP contribution in [0, 0.1) is 11.8 Å². The first-order valence-electron chi connectivity index (χ1n) is 11.1. The number of hydrogen-bond donors (Lipinski definition) is 3. The number of aliphatic hydroxyl groups excluding tert-OH is 1. The second kappa shape index (κ2) is 14.6. The van der Waals surface area contributed by atoms with Gasteiger partial charge in [-0.05, 0) is 56.1 Å². The van der Waals surface area contributed by atoms with Gasteiger partial charge in [0, 0.05) is 44.9 Å². The van der Waals surface area contributed by atoms with E-state index >= 15 is 0 Å². The van der Waals surface area contributed by atoms with Gasteiger partial charge < -0.3 is 20.6 Å². The molecule has 0 saturated carbocycles. The number of fused-ring (bicyclic) bond motifs is 1. The first-order chi connectivity index (χ1) is 14.0. The maximum Gasteiger partial charge on any atom is 0.227 e. The van der Waals surface area contributed by atoms with Crippen molar-refractivity contribution in [2.45, 2.75) is 52.9 Å². The number of benzene rings is 1. The number of hydrogen-bond acceptors (Lipinski definition) is 3. The minimum absolute atomic E-state index is 0. The molecule has 1 amide bonds. The SMILES string of the molecule is CCNC(=NCC(CCO)CC(C)C)NCCCC(=O)N1CCc2ccccc21.I. The van der Waals surface area contributed by atoms with E-state index in [-0.39, 0.29) is 36.5 Å². The molecule has 2 rings (SSSR count). The number of rotatable bonds is 11. The summed E-state index contributed by atoms with van der Waals surface area (Å²) in [5.74, 6) is 1.98. The van der Waals surface area contributed by atoms with Gasteiger partial charge in [0.2, 0.25) is 5.91 Å². The zero-order valence-electron chi connectivity index (χ0n) is 18.7. The summed E-state index contributed by atoms with van der Waals surface area (Å²) in [4.78, 5) is 19.2. The summed E-state index contributed by atoms with van der Waals surface area (Å²) < 4.78 is 0. The maximum atomic E-state index is 12.6. The minimum Gasteiger partial charge on any atom is -0.396 e. The third-order valence-electron chi connectivity index (χ3n) is 5.24. The molecule has 0 fully saturated rings. The van der Waals surface area contributed by atoms with E-state index in [4.69, 9.17) is 4.99 Å². The van der Waals surface area contributed by atoms with Gasteiger partial charge >= 0.3 is 0 Å². The molecule has 6 nitrogen and oxygen atoms in total. The van der Waals surface area contributed by atoms with E-state index in [0.29, 0.717) is 31.3 Å². The molecular weight excluding hydrogens is 491 g/mol. The van der Waals surface area contributed by atoms with E-state index in [2.05, 4.69) is 30.5 Å². The van der Waals surface area contributed by atoms with Crippen LogP contribution in [0.2, 0.25) is 0 Å². The van der Waals surface area contributed by atoms with Crippen LogP contribution in [0.4, 0.5) is 5.69 Å². The first-order valence-corrected chi connectivity index (χ1v) is 11.1. The Hall–Kier alpha value is -1.35. The molecule has 3 N–H and O–H groups in total. The van der Waals surface area contributed by atoms with Crippen LogP contribution in [0.25, 0.3) is 0 Å². The number of para-hydroxylation sites is 1. The molecule has 7 heteroatoms. The topological polar surface area (TPSA) is 77.0 Å². The van der Waals surface area contributed by atoms with Crippen molar-refractivity contribution in [3.63, 3.8) is 0 Å². The molecular formula is C23H39IN4O2. The molecule has 1 unspecified atom stereocenters. The summed E-state index contributed by atoms with van der Waals surface area (Å²) in [6.07, 6.45) is 4.10. The summed E-state index contributed by atoms with van der Waals surface area (Å²) in [5.41, 5.74) is 2.33. The Morgan fingerprint density at radius 3 is 2.73 bits per heavy atom. The fourth-order valence-electron chi connectivity index (χ4n) is 3.87. The van der Waals surface area contributed by atoms with Crippen LogP contribution in [-0.2, 0) is 11.2 Å². The van der Waals surface area contributed by atoms with Gasteiger partial charge in [-0.3, -0.25) is 9.79 Å². The standard InChI is InChI=1S/C23H38N4O2.HI/c1-4-24-23(26-17-19(12-15-28)16-18(2)3)25-13-7-10-22(29)27-14-11-20-8-5-6-9-21(20)27;/h5-6,8-9,18-19,28H,4,7,10-17H2,1-3H3,(H2,24,25,26);1H. The van der Waals surface area contributed by atoms with Crippen molar-refractivity contribution < 1.29 is 9.90 Å². The summed E-state index contributed by atoms with van der Waals surface area (Å²) in [6, 6.07) is 8.17. The number of nitrogens with zero attached hydrogens (tertiary/aromatic N) is 2. The normalized spacial score (nSPS) is 14.3. The van der Waals surface area contributed by atoms with Crippen molar-refractivity contribution >= 4 is 41.5 Å². The Bertz CT molecular complexity index is 666. The monoisotopic (exact) mass is 530 g/mol. The minimum atomic E-state index is 0. The largest absolute Gasteiger partial charge is 0.396 e. The fourth-order valence-corrected chi connectivity index (χ4v) is 3.87. The highest BCUT2D eigenvalue weighted by atomic mass is 127. The molecule has 1 heterocycles. The zero-order chi connectivity index (χ0) is 21.1.